The van der Waals surface area contributed by atoms with Gasteiger partial charge in [-0.3, -0.25) is 0 Å². The van der Waals surface area contributed by atoms with Gasteiger partial charge in [-0.2, -0.15) is 0 Å². The van der Waals surface area contributed by atoms with Gasteiger partial charge < -0.3 is 9.47 Å². The summed E-state index contributed by atoms with van der Waals surface area (Å²) in [6, 6.07) is 9.55. The molecule has 1 aliphatic carbocycles. The van der Waals surface area contributed by atoms with Crippen molar-refractivity contribution in [3.8, 4) is 0 Å². The van der Waals surface area contributed by atoms with E-state index in [0.717, 1.165) is 18.4 Å². The third kappa shape index (κ3) is 3.12. The summed E-state index contributed by atoms with van der Waals surface area (Å²) < 4.78 is 10.1. The van der Waals surface area contributed by atoms with Crippen molar-refractivity contribution in [1.29, 1.82) is 0 Å². The quantitative estimate of drug-likeness (QED) is 0.577. The normalized spacial score (nSPS) is 18.4. The van der Waals surface area contributed by atoms with E-state index < -0.39 is 6.16 Å². The lowest BCUT2D eigenvalue weighted by molar-refractivity contribution is 0.0324. The van der Waals surface area contributed by atoms with E-state index in [0.29, 0.717) is 0 Å². The molecule has 0 aromatic heterocycles. The average Bonchev–Trinajstić information content (AvgIpc) is 2.81. The van der Waals surface area contributed by atoms with Gasteiger partial charge in [0.15, 0.2) is 0 Å². The molecule has 0 bridgehead atoms. The second-order valence-electron chi connectivity index (χ2n) is 3.69. The Bertz CT molecular complexity index is 370. The minimum Gasteiger partial charge on any atom is -0.429 e. The van der Waals surface area contributed by atoms with Crippen LogP contribution in [0.2, 0.25) is 0 Å². The van der Waals surface area contributed by atoms with E-state index in [1.54, 1.807) is 0 Å². The molecule has 0 saturated heterocycles. The summed E-state index contributed by atoms with van der Waals surface area (Å²) >= 11 is 0. The summed E-state index contributed by atoms with van der Waals surface area (Å²) in [5.41, 5.74) is 0.960. The van der Waals surface area contributed by atoms with Gasteiger partial charge in [0, 0.05) is 0 Å². The molecule has 1 atom stereocenters. The molecule has 0 heterocycles. The standard InChI is InChI=1S/C13H14O3/c14-13(16-12-8-4-5-9-12)15-10-11-6-2-1-3-7-11/h1-4,6-8,12H,5,9-10H2/t12-/m1/s1. The Balaban J connectivity index is 1.73. The monoisotopic (exact) mass is 218 g/mol. The molecule has 1 aliphatic rings. The first-order valence-corrected chi connectivity index (χ1v) is 5.38. The summed E-state index contributed by atoms with van der Waals surface area (Å²) in [4.78, 5) is 11.3. The van der Waals surface area contributed by atoms with Crippen LogP contribution in [0.1, 0.15) is 18.4 Å². The zero-order valence-corrected chi connectivity index (χ0v) is 8.96. The molecule has 1 aromatic carbocycles. The predicted molar refractivity (Wildman–Crippen MR) is 59.9 cm³/mol. The Kier molecular flexibility index (Phi) is 3.59. The van der Waals surface area contributed by atoms with Crippen LogP contribution in [-0.4, -0.2) is 12.3 Å². The van der Waals surface area contributed by atoms with Gasteiger partial charge >= 0.3 is 6.16 Å². The SMILES string of the molecule is O=C(OCc1ccccc1)O[C@@H]1C=CCC1. The minimum absolute atomic E-state index is 0.108. The van der Waals surface area contributed by atoms with E-state index in [4.69, 9.17) is 9.47 Å². The van der Waals surface area contributed by atoms with E-state index in [1.807, 2.05) is 42.5 Å². The van der Waals surface area contributed by atoms with Crippen molar-refractivity contribution in [3.63, 3.8) is 0 Å². The first-order chi connectivity index (χ1) is 7.84. The zero-order valence-electron chi connectivity index (χ0n) is 8.96. The molecule has 0 amide bonds. The van der Waals surface area contributed by atoms with Crippen molar-refractivity contribution in [3.05, 3.63) is 48.0 Å². The number of carbonyl (C=O) groups excluding carboxylic acids is 1. The van der Waals surface area contributed by atoms with Crippen molar-refractivity contribution in [2.45, 2.75) is 25.6 Å². The van der Waals surface area contributed by atoms with Gasteiger partial charge in [-0.1, -0.05) is 36.4 Å². The lowest BCUT2D eigenvalue weighted by Crippen LogP contribution is -2.15. The third-order valence-electron chi connectivity index (χ3n) is 2.42. The lowest BCUT2D eigenvalue weighted by atomic mass is 10.2. The molecule has 0 radical (unpaired) electrons. The largest absolute Gasteiger partial charge is 0.509 e. The first kappa shape index (κ1) is 10.7. The number of hydrogen-bond donors (Lipinski definition) is 0. The highest BCUT2D eigenvalue weighted by Gasteiger charge is 2.15. The summed E-state index contributed by atoms with van der Waals surface area (Å²) in [6.45, 7) is 0.260. The average molecular weight is 218 g/mol. The number of carbonyl (C=O) groups is 1. The Morgan fingerprint density at radius 3 is 2.81 bits per heavy atom. The molecule has 3 nitrogen and oxygen atoms in total. The van der Waals surface area contributed by atoms with E-state index in [9.17, 15) is 4.79 Å². The van der Waals surface area contributed by atoms with Crippen LogP contribution in [0.3, 0.4) is 0 Å². The molecule has 3 heteroatoms. The maximum Gasteiger partial charge on any atom is 0.509 e. The number of ether oxygens (including phenoxy) is 2. The summed E-state index contributed by atoms with van der Waals surface area (Å²) in [7, 11) is 0. The molecule has 84 valence electrons. The molecule has 0 aliphatic heterocycles. The highest BCUT2D eigenvalue weighted by molar-refractivity contribution is 5.60. The highest BCUT2D eigenvalue weighted by Crippen LogP contribution is 2.13. The molecule has 0 fully saturated rings. The van der Waals surface area contributed by atoms with Crippen LogP contribution in [0, 0.1) is 0 Å². The van der Waals surface area contributed by atoms with Crippen molar-refractivity contribution in [2.75, 3.05) is 0 Å². The minimum atomic E-state index is -0.597. The molecule has 2 rings (SSSR count). The van der Waals surface area contributed by atoms with E-state index in [1.165, 1.54) is 0 Å². The fraction of sp³-hybridized carbons (Fsp3) is 0.308. The van der Waals surface area contributed by atoms with E-state index in [2.05, 4.69) is 0 Å². The van der Waals surface area contributed by atoms with Gasteiger partial charge in [0.05, 0.1) is 0 Å². The molecule has 0 unspecified atom stereocenters. The predicted octanol–water partition coefficient (Wildman–Crippen LogP) is 3.06. The van der Waals surface area contributed by atoms with Gasteiger partial charge in [-0.15, -0.1) is 0 Å². The van der Waals surface area contributed by atoms with Gasteiger partial charge in [-0.05, 0) is 24.5 Å². The topological polar surface area (TPSA) is 35.5 Å². The van der Waals surface area contributed by atoms with Crippen molar-refractivity contribution in [2.24, 2.45) is 0 Å². The van der Waals surface area contributed by atoms with Crippen LogP contribution in [0.5, 0.6) is 0 Å². The zero-order chi connectivity index (χ0) is 11.2. The van der Waals surface area contributed by atoms with Gasteiger partial charge in [-0.25, -0.2) is 4.79 Å². The van der Waals surface area contributed by atoms with Crippen molar-refractivity contribution in [1.82, 2.24) is 0 Å². The summed E-state index contributed by atoms with van der Waals surface area (Å²) in [5.74, 6) is 0. The molecule has 0 saturated carbocycles. The molecule has 0 N–H and O–H groups in total. The Labute approximate surface area is 94.7 Å². The highest BCUT2D eigenvalue weighted by atomic mass is 16.7. The fourth-order valence-corrected chi connectivity index (χ4v) is 1.58. The maximum absolute atomic E-state index is 11.3. The third-order valence-corrected chi connectivity index (χ3v) is 2.42. The second-order valence-corrected chi connectivity index (χ2v) is 3.69. The summed E-state index contributed by atoms with van der Waals surface area (Å²) in [6.07, 6.45) is 5.03. The van der Waals surface area contributed by atoms with Crippen LogP contribution >= 0.6 is 0 Å². The van der Waals surface area contributed by atoms with E-state index in [-0.39, 0.29) is 12.7 Å². The molecule has 0 spiro atoms. The van der Waals surface area contributed by atoms with Crippen LogP contribution in [0.15, 0.2) is 42.5 Å². The van der Waals surface area contributed by atoms with Crippen LogP contribution in [0.25, 0.3) is 0 Å². The summed E-state index contributed by atoms with van der Waals surface area (Å²) in [5, 5.41) is 0. The molecule has 1 aromatic rings. The van der Waals surface area contributed by atoms with Gasteiger partial charge in [0.25, 0.3) is 0 Å². The molecular weight excluding hydrogens is 204 g/mol. The smallest absolute Gasteiger partial charge is 0.429 e. The van der Waals surface area contributed by atoms with Crippen molar-refractivity contribution < 1.29 is 14.3 Å². The number of allylic oxidation sites excluding steroid dienone is 1. The van der Waals surface area contributed by atoms with Gasteiger partial charge in [0.1, 0.15) is 12.7 Å². The number of hydrogen-bond acceptors (Lipinski definition) is 3. The Hall–Kier alpha value is -1.77. The maximum atomic E-state index is 11.3. The molecular formula is C13H14O3. The van der Waals surface area contributed by atoms with E-state index >= 15 is 0 Å². The lowest BCUT2D eigenvalue weighted by Gasteiger charge is -2.10. The fourth-order valence-electron chi connectivity index (χ4n) is 1.58. The first-order valence-electron chi connectivity index (χ1n) is 5.38. The number of benzene rings is 1. The Morgan fingerprint density at radius 2 is 2.12 bits per heavy atom. The Morgan fingerprint density at radius 1 is 1.31 bits per heavy atom. The van der Waals surface area contributed by atoms with Crippen molar-refractivity contribution >= 4 is 6.16 Å². The molecule has 16 heavy (non-hydrogen) atoms. The van der Waals surface area contributed by atoms with Crippen LogP contribution in [-0.2, 0) is 16.1 Å². The van der Waals surface area contributed by atoms with Gasteiger partial charge in [0.2, 0.25) is 0 Å². The second kappa shape index (κ2) is 5.35. The van der Waals surface area contributed by atoms with Crippen LogP contribution < -0.4 is 0 Å². The van der Waals surface area contributed by atoms with Crippen LogP contribution in [0.4, 0.5) is 4.79 Å². The number of rotatable bonds is 3.